The van der Waals surface area contributed by atoms with Gasteiger partial charge in [-0.2, -0.15) is 0 Å². The Kier molecular flexibility index (Phi) is 6.75. The zero-order valence-electron chi connectivity index (χ0n) is 19.8. The molecule has 7 nitrogen and oxygen atoms in total. The Morgan fingerprint density at radius 3 is 2.29 bits per heavy atom. The molecule has 35 heavy (non-hydrogen) atoms. The minimum atomic E-state index is -0.880. The van der Waals surface area contributed by atoms with E-state index in [1.54, 1.807) is 4.90 Å². The summed E-state index contributed by atoms with van der Waals surface area (Å²) in [5, 5.41) is 12.2. The molecule has 0 radical (unpaired) electrons. The van der Waals surface area contributed by atoms with Gasteiger partial charge >= 0.3 is 12.1 Å². The number of benzene rings is 2. The van der Waals surface area contributed by atoms with Gasteiger partial charge in [0.2, 0.25) is 5.91 Å². The molecule has 1 heterocycles. The maximum atomic E-state index is 13.4. The van der Waals surface area contributed by atoms with Gasteiger partial charge in [-0.1, -0.05) is 55.0 Å². The smallest absolute Gasteiger partial charge is 0.407 e. The van der Waals surface area contributed by atoms with E-state index in [9.17, 15) is 19.5 Å². The van der Waals surface area contributed by atoms with Gasteiger partial charge in [0.15, 0.2) is 0 Å². The van der Waals surface area contributed by atoms with E-state index in [0.29, 0.717) is 13.0 Å². The van der Waals surface area contributed by atoms with Crippen molar-refractivity contribution in [3.05, 3.63) is 59.7 Å². The van der Waals surface area contributed by atoms with E-state index in [-0.39, 0.29) is 42.9 Å². The average Bonchev–Trinajstić information content (AvgIpc) is 3.45. The number of nitrogens with one attached hydrogen (secondary N) is 1. The van der Waals surface area contributed by atoms with Crippen LogP contribution in [0.3, 0.4) is 0 Å². The number of carboxylic acids is 1. The molecule has 0 aromatic heterocycles. The van der Waals surface area contributed by atoms with Gasteiger partial charge in [-0.25, -0.2) is 4.79 Å². The van der Waals surface area contributed by atoms with Crippen molar-refractivity contribution in [2.24, 2.45) is 5.92 Å². The third-order valence-corrected chi connectivity index (χ3v) is 7.80. The minimum absolute atomic E-state index is 0.0146. The first-order chi connectivity index (χ1) is 17.0. The first-order valence-electron chi connectivity index (χ1n) is 12.7. The highest BCUT2D eigenvalue weighted by Crippen LogP contribution is 2.44. The molecule has 5 rings (SSSR count). The van der Waals surface area contributed by atoms with Gasteiger partial charge in [0.1, 0.15) is 6.61 Å². The van der Waals surface area contributed by atoms with E-state index in [4.69, 9.17) is 4.74 Å². The number of nitrogens with zero attached hydrogens (tertiary/aromatic N) is 1. The van der Waals surface area contributed by atoms with E-state index in [0.717, 1.165) is 43.2 Å². The highest BCUT2D eigenvalue weighted by atomic mass is 16.5. The van der Waals surface area contributed by atoms with Crippen LogP contribution in [0.2, 0.25) is 0 Å². The summed E-state index contributed by atoms with van der Waals surface area (Å²) >= 11 is 0. The molecular weight excluding hydrogens is 444 g/mol. The van der Waals surface area contributed by atoms with Gasteiger partial charge in [-0.3, -0.25) is 9.59 Å². The number of piperidine rings is 1. The van der Waals surface area contributed by atoms with Crippen molar-refractivity contribution in [2.75, 3.05) is 13.2 Å². The zero-order chi connectivity index (χ0) is 24.4. The number of hydrogen-bond donors (Lipinski definition) is 2. The molecule has 2 aliphatic carbocycles. The first kappa shape index (κ1) is 23.4. The summed E-state index contributed by atoms with van der Waals surface area (Å²) in [5.74, 6) is -1.25. The monoisotopic (exact) mass is 476 g/mol. The summed E-state index contributed by atoms with van der Waals surface area (Å²) < 4.78 is 5.70. The molecular formula is C28H32N2O5. The zero-order valence-corrected chi connectivity index (χ0v) is 19.8. The van der Waals surface area contributed by atoms with Gasteiger partial charge in [0.05, 0.1) is 12.3 Å². The van der Waals surface area contributed by atoms with Crippen LogP contribution in [0, 0.1) is 5.92 Å². The van der Waals surface area contributed by atoms with Crippen molar-refractivity contribution in [3.63, 3.8) is 0 Å². The van der Waals surface area contributed by atoms with E-state index in [1.165, 1.54) is 11.1 Å². The van der Waals surface area contributed by atoms with Crippen molar-refractivity contribution in [1.82, 2.24) is 10.2 Å². The quantitative estimate of drug-likeness (QED) is 0.638. The molecule has 7 heteroatoms. The highest BCUT2D eigenvalue weighted by molar-refractivity contribution is 5.82. The van der Waals surface area contributed by atoms with Crippen molar-refractivity contribution in [1.29, 1.82) is 0 Å². The summed E-state index contributed by atoms with van der Waals surface area (Å²) in [6.07, 6.45) is 4.28. The number of hydrogen-bond acceptors (Lipinski definition) is 4. The first-order valence-corrected chi connectivity index (χ1v) is 12.7. The second-order valence-corrected chi connectivity index (χ2v) is 9.89. The van der Waals surface area contributed by atoms with E-state index >= 15 is 0 Å². The van der Waals surface area contributed by atoms with Gasteiger partial charge in [-0.05, 0) is 54.4 Å². The van der Waals surface area contributed by atoms with Gasteiger partial charge in [0, 0.05) is 24.5 Å². The highest BCUT2D eigenvalue weighted by Gasteiger charge is 2.40. The van der Waals surface area contributed by atoms with Crippen molar-refractivity contribution < 1.29 is 24.2 Å². The lowest BCUT2D eigenvalue weighted by atomic mass is 9.95. The number of ether oxygens (including phenoxy) is 1. The molecule has 1 saturated carbocycles. The summed E-state index contributed by atoms with van der Waals surface area (Å²) in [6, 6.07) is 15.9. The Balaban J connectivity index is 1.22. The fourth-order valence-electron chi connectivity index (χ4n) is 6.14. The SMILES string of the molecule is O=C(O)CC1CCCCN1C(=O)[C@H]1CCC[C@H]1NC(=O)OCC1c2ccccc2-c2ccccc21. The summed E-state index contributed by atoms with van der Waals surface area (Å²) in [7, 11) is 0. The Labute approximate surface area is 205 Å². The van der Waals surface area contributed by atoms with E-state index < -0.39 is 12.1 Å². The third kappa shape index (κ3) is 4.77. The standard InChI is InChI=1S/C28H32N2O5/c31-26(32)16-18-8-5-6-15-30(18)27(33)23-13-7-14-25(23)29-28(34)35-17-24-21-11-3-1-9-19(21)20-10-2-4-12-22(20)24/h1-4,9-12,18,23-25H,5-8,13-17H2,(H,29,34)(H,31,32)/t18?,23-,25+/m0/s1. The van der Waals surface area contributed by atoms with E-state index in [1.807, 2.05) is 24.3 Å². The van der Waals surface area contributed by atoms with Crippen LogP contribution in [-0.2, 0) is 14.3 Å². The van der Waals surface area contributed by atoms with Crippen LogP contribution in [0.15, 0.2) is 48.5 Å². The maximum absolute atomic E-state index is 13.4. The molecule has 2 fully saturated rings. The predicted octanol–water partition coefficient (Wildman–Crippen LogP) is 4.55. The fraction of sp³-hybridized carbons (Fsp3) is 0.464. The number of carboxylic acid groups (broad SMARTS) is 1. The summed E-state index contributed by atoms with van der Waals surface area (Å²) in [4.78, 5) is 39.2. The molecule has 3 aliphatic rings. The third-order valence-electron chi connectivity index (χ3n) is 7.80. The summed E-state index contributed by atoms with van der Waals surface area (Å²) in [6.45, 7) is 0.822. The number of fused-ring (bicyclic) bond motifs is 3. The Morgan fingerprint density at radius 1 is 0.914 bits per heavy atom. The maximum Gasteiger partial charge on any atom is 0.407 e. The van der Waals surface area contributed by atoms with Crippen LogP contribution in [-0.4, -0.2) is 53.2 Å². The largest absolute Gasteiger partial charge is 0.481 e. The lowest BCUT2D eigenvalue weighted by molar-refractivity contribution is -0.144. The fourth-order valence-corrected chi connectivity index (χ4v) is 6.14. The van der Waals surface area contributed by atoms with Gasteiger partial charge in [-0.15, -0.1) is 0 Å². The Hall–Kier alpha value is -3.35. The molecule has 2 N–H and O–H groups in total. The lowest BCUT2D eigenvalue weighted by Gasteiger charge is -2.37. The van der Waals surface area contributed by atoms with Crippen molar-refractivity contribution >= 4 is 18.0 Å². The number of likely N-dealkylation sites (tertiary alicyclic amines) is 1. The second-order valence-electron chi connectivity index (χ2n) is 9.89. The molecule has 1 unspecified atom stereocenters. The Morgan fingerprint density at radius 2 is 1.60 bits per heavy atom. The molecule has 3 atom stereocenters. The number of rotatable bonds is 6. The van der Waals surface area contributed by atoms with Crippen molar-refractivity contribution in [2.45, 2.75) is 62.9 Å². The number of amides is 2. The van der Waals surface area contributed by atoms with Crippen LogP contribution in [0.4, 0.5) is 4.79 Å². The minimum Gasteiger partial charge on any atom is -0.481 e. The van der Waals surface area contributed by atoms with Crippen LogP contribution in [0.25, 0.3) is 11.1 Å². The van der Waals surface area contributed by atoms with Gasteiger partial charge in [0.25, 0.3) is 0 Å². The van der Waals surface area contributed by atoms with Crippen LogP contribution in [0.5, 0.6) is 0 Å². The molecule has 1 saturated heterocycles. The molecule has 184 valence electrons. The molecule has 0 bridgehead atoms. The molecule has 2 aromatic rings. The number of aliphatic carboxylic acids is 1. The summed E-state index contributed by atoms with van der Waals surface area (Å²) in [5.41, 5.74) is 4.67. The molecule has 2 amide bonds. The van der Waals surface area contributed by atoms with Crippen LogP contribution >= 0.6 is 0 Å². The Bertz CT molecular complexity index is 1070. The lowest BCUT2D eigenvalue weighted by Crippen LogP contribution is -2.51. The number of carbonyl (C=O) groups is 3. The normalized spacial score (nSPS) is 23.4. The van der Waals surface area contributed by atoms with Gasteiger partial charge < -0.3 is 20.1 Å². The molecule has 1 aliphatic heterocycles. The number of alkyl carbamates (subject to hydrolysis) is 1. The molecule has 0 spiro atoms. The molecule has 2 aromatic carbocycles. The predicted molar refractivity (Wildman–Crippen MR) is 131 cm³/mol. The number of carbonyl (C=O) groups excluding carboxylic acids is 2. The topological polar surface area (TPSA) is 95.9 Å². The van der Waals surface area contributed by atoms with Crippen molar-refractivity contribution in [3.8, 4) is 11.1 Å². The van der Waals surface area contributed by atoms with Crippen LogP contribution < -0.4 is 5.32 Å². The van der Waals surface area contributed by atoms with Crippen LogP contribution in [0.1, 0.15) is 62.0 Å². The average molecular weight is 477 g/mol. The second kappa shape index (κ2) is 10.1. The van der Waals surface area contributed by atoms with E-state index in [2.05, 4.69) is 29.6 Å².